The minimum Gasteiger partial charge on any atom is -0.478 e. The number of hydrogen-bond acceptors (Lipinski definition) is 3. The highest BCUT2D eigenvalue weighted by Crippen LogP contribution is 2.13. The number of amides is 1. The highest BCUT2D eigenvalue weighted by atomic mass is 16.5. The summed E-state index contributed by atoms with van der Waals surface area (Å²) in [7, 11) is 0. The predicted molar refractivity (Wildman–Crippen MR) is 57.5 cm³/mol. The van der Waals surface area contributed by atoms with Crippen LogP contribution in [0.1, 0.15) is 25.8 Å². The molecule has 0 unspecified atom stereocenters. The molecule has 0 bridgehead atoms. The molecule has 1 heterocycles. The highest BCUT2D eigenvalue weighted by molar-refractivity contribution is 5.75. The van der Waals surface area contributed by atoms with Gasteiger partial charge in [0.2, 0.25) is 11.8 Å². The first-order chi connectivity index (χ1) is 7.27. The van der Waals surface area contributed by atoms with E-state index in [0.29, 0.717) is 25.5 Å². The fourth-order valence-corrected chi connectivity index (χ4v) is 1.14. The molecule has 0 fully saturated rings. The van der Waals surface area contributed by atoms with Gasteiger partial charge in [-0.05, 0) is 13.0 Å². The Labute approximate surface area is 89.7 Å². The largest absolute Gasteiger partial charge is 0.478 e. The van der Waals surface area contributed by atoms with Crippen molar-refractivity contribution < 1.29 is 9.53 Å². The van der Waals surface area contributed by atoms with E-state index >= 15 is 0 Å². The van der Waals surface area contributed by atoms with Gasteiger partial charge in [0.25, 0.3) is 0 Å². The molecule has 0 aliphatic heterocycles. The Kier molecular flexibility index (Phi) is 4.60. The average molecular weight is 208 g/mol. The first-order valence-electron chi connectivity index (χ1n) is 5.11. The second-order valence-electron chi connectivity index (χ2n) is 3.03. The minimum absolute atomic E-state index is 0.0290. The Morgan fingerprint density at radius 1 is 1.53 bits per heavy atom. The Morgan fingerprint density at radius 2 is 2.33 bits per heavy atom. The minimum atomic E-state index is 0.0290. The maximum absolute atomic E-state index is 11.1. The van der Waals surface area contributed by atoms with Crippen molar-refractivity contribution in [2.75, 3.05) is 6.61 Å². The third-order valence-electron chi connectivity index (χ3n) is 1.93. The molecule has 4 nitrogen and oxygen atoms in total. The van der Waals surface area contributed by atoms with Crippen LogP contribution in [0.4, 0.5) is 0 Å². The molecule has 0 spiro atoms. The topological polar surface area (TPSA) is 51.2 Å². The van der Waals surface area contributed by atoms with Crippen LogP contribution in [0.3, 0.4) is 0 Å². The van der Waals surface area contributed by atoms with Crippen molar-refractivity contribution in [1.29, 1.82) is 0 Å². The van der Waals surface area contributed by atoms with Gasteiger partial charge in [0, 0.05) is 24.7 Å². The highest BCUT2D eigenvalue weighted by Gasteiger charge is 2.04. The van der Waals surface area contributed by atoms with Crippen molar-refractivity contribution in [3.8, 4) is 5.88 Å². The van der Waals surface area contributed by atoms with Crippen LogP contribution in [0.25, 0.3) is 0 Å². The lowest BCUT2D eigenvalue weighted by Gasteiger charge is -2.08. The molecule has 0 aromatic carbocycles. The number of ether oxygens (including phenoxy) is 1. The molecule has 0 radical (unpaired) electrons. The Balaban J connectivity index is 2.62. The van der Waals surface area contributed by atoms with Crippen LogP contribution in [0.5, 0.6) is 5.88 Å². The monoisotopic (exact) mass is 208 g/mol. The molecule has 0 aliphatic rings. The van der Waals surface area contributed by atoms with E-state index in [2.05, 4.69) is 10.3 Å². The van der Waals surface area contributed by atoms with Crippen molar-refractivity contribution in [2.24, 2.45) is 0 Å². The van der Waals surface area contributed by atoms with E-state index in [1.165, 1.54) is 0 Å². The van der Waals surface area contributed by atoms with Gasteiger partial charge in [0.1, 0.15) is 0 Å². The molecule has 1 amide bonds. The van der Waals surface area contributed by atoms with E-state index in [-0.39, 0.29) is 5.91 Å². The van der Waals surface area contributed by atoms with Gasteiger partial charge in [0.05, 0.1) is 6.61 Å². The fourth-order valence-electron chi connectivity index (χ4n) is 1.14. The van der Waals surface area contributed by atoms with E-state index in [0.717, 1.165) is 5.56 Å². The van der Waals surface area contributed by atoms with E-state index < -0.39 is 0 Å². The van der Waals surface area contributed by atoms with Crippen molar-refractivity contribution in [1.82, 2.24) is 10.3 Å². The lowest BCUT2D eigenvalue weighted by Crippen LogP contribution is -2.21. The third-order valence-corrected chi connectivity index (χ3v) is 1.93. The molecule has 0 saturated heterocycles. The zero-order valence-electron chi connectivity index (χ0n) is 9.12. The number of aromatic nitrogens is 1. The van der Waals surface area contributed by atoms with E-state index in [1.54, 1.807) is 6.20 Å². The lowest BCUT2D eigenvalue weighted by molar-refractivity contribution is -0.120. The maximum atomic E-state index is 11.1. The van der Waals surface area contributed by atoms with Gasteiger partial charge in [-0.1, -0.05) is 13.0 Å². The Morgan fingerprint density at radius 3 is 3.00 bits per heavy atom. The summed E-state index contributed by atoms with van der Waals surface area (Å²) in [6.45, 7) is 4.77. The summed E-state index contributed by atoms with van der Waals surface area (Å²) in [5.74, 6) is 0.623. The summed E-state index contributed by atoms with van der Waals surface area (Å²) < 4.78 is 5.34. The van der Waals surface area contributed by atoms with Gasteiger partial charge in [0.15, 0.2) is 0 Å². The maximum Gasteiger partial charge on any atom is 0.219 e. The van der Waals surface area contributed by atoms with Crippen LogP contribution in [-0.2, 0) is 11.3 Å². The van der Waals surface area contributed by atoms with E-state index in [4.69, 9.17) is 4.74 Å². The van der Waals surface area contributed by atoms with Crippen LogP contribution < -0.4 is 10.1 Å². The SMILES string of the molecule is CCOc1ncccc1CNC(=O)CC. The van der Waals surface area contributed by atoms with Gasteiger partial charge in [-0.15, -0.1) is 0 Å². The zero-order chi connectivity index (χ0) is 11.1. The number of nitrogens with zero attached hydrogens (tertiary/aromatic N) is 1. The quantitative estimate of drug-likeness (QED) is 0.798. The molecule has 1 aromatic rings. The normalized spacial score (nSPS) is 9.73. The second kappa shape index (κ2) is 6.01. The third kappa shape index (κ3) is 3.58. The molecule has 82 valence electrons. The number of pyridine rings is 1. The smallest absolute Gasteiger partial charge is 0.219 e. The van der Waals surface area contributed by atoms with Crippen molar-refractivity contribution in [2.45, 2.75) is 26.8 Å². The second-order valence-corrected chi connectivity index (χ2v) is 3.03. The summed E-state index contributed by atoms with van der Waals surface area (Å²) in [5.41, 5.74) is 0.904. The zero-order valence-corrected chi connectivity index (χ0v) is 9.12. The standard InChI is InChI=1S/C11H16N2O2/c1-3-10(14)13-8-9-6-5-7-12-11(9)15-4-2/h5-7H,3-4,8H2,1-2H3,(H,13,14). The molecule has 4 heteroatoms. The summed E-state index contributed by atoms with van der Waals surface area (Å²) >= 11 is 0. The number of nitrogens with one attached hydrogen (secondary N) is 1. The summed E-state index contributed by atoms with van der Waals surface area (Å²) in [4.78, 5) is 15.2. The molecule has 0 saturated carbocycles. The first-order valence-corrected chi connectivity index (χ1v) is 5.11. The van der Waals surface area contributed by atoms with E-state index in [1.807, 2.05) is 26.0 Å². The van der Waals surface area contributed by atoms with Crippen LogP contribution in [-0.4, -0.2) is 17.5 Å². The van der Waals surface area contributed by atoms with Gasteiger partial charge in [-0.2, -0.15) is 0 Å². The Bertz CT molecular complexity index is 326. The van der Waals surface area contributed by atoms with Crippen molar-refractivity contribution >= 4 is 5.91 Å². The molecule has 0 aliphatic carbocycles. The summed E-state index contributed by atoms with van der Waals surface area (Å²) in [5, 5.41) is 2.79. The first kappa shape index (κ1) is 11.5. The van der Waals surface area contributed by atoms with Gasteiger partial charge in [-0.3, -0.25) is 4.79 Å². The molecule has 0 atom stereocenters. The van der Waals surface area contributed by atoms with Crippen LogP contribution in [0.2, 0.25) is 0 Å². The molecular formula is C11H16N2O2. The van der Waals surface area contributed by atoms with Crippen molar-refractivity contribution in [3.63, 3.8) is 0 Å². The van der Waals surface area contributed by atoms with Crippen molar-refractivity contribution in [3.05, 3.63) is 23.9 Å². The molecular weight excluding hydrogens is 192 g/mol. The predicted octanol–water partition coefficient (Wildman–Crippen LogP) is 1.51. The average Bonchev–Trinajstić information content (AvgIpc) is 2.28. The molecule has 1 aromatic heterocycles. The number of carbonyl (C=O) groups excluding carboxylic acids is 1. The van der Waals surface area contributed by atoms with Crippen LogP contribution >= 0.6 is 0 Å². The molecule has 1 N–H and O–H groups in total. The van der Waals surface area contributed by atoms with E-state index in [9.17, 15) is 4.79 Å². The fraction of sp³-hybridized carbons (Fsp3) is 0.455. The number of rotatable bonds is 5. The Hall–Kier alpha value is -1.58. The lowest BCUT2D eigenvalue weighted by atomic mass is 10.2. The number of carbonyl (C=O) groups is 1. The molecule has 15 heavy (non-hydrogen) atoms. The van der Waals surface area contributed by atoms with Crippen LogP contribution in [0.15, 0.2) is 18.3 Å². The summed E-state index contributed by atoms with van der Waals surface area (Å²) in [6.07, 6.45) is 2.17. The van der Waals surface area contributed by atoms with Gasteiger partial charge in [-0.25, -0.2) is 4.98 Å². The van der Waals surface area contributed by atoms with Gasteiger partial charge < -0.3 is 10.1 Å². The molecule has 1 rings (SSSR count). The van der Waals surface area contributed by atoms with Crippen LogP contribution in [0, 0.1) is 0 Å². The number of hydrogen-bond donors (Lipinski definition) is 1. The summed E-state index contributed by atoms with van der Waals surface area (Å²) in [6, 6.07) is 3.73. The van der Waals surface area contributed by atoms with Gasteiger partial charge >= 0.3 is 0 Å².